The predicted octanol–water partition coefficient (Wildman–Crippen LogP) is 2.70. The number of anilines is 1. The molecule has 0 fully saturated rings. The second-order valence-electron chi connectivity index (χ2n) is 4.02. The third-order valence-electron chi connectivity index (χ3n) is 2.72. The molecule has 0 saturated carbocycles. The van der Waals surface area contributed by atoms with E-state index in [1.165, 1.54) is 18.2 Å². The molecule has 1 aromatic heterocycles. The lowest BCUT2D eigenvalue weighted by Crippen LogP contribution is -2.16. The number of aromatic nitrogens is 1. The zero-order valence-corrected chi connectivity index (χ0v) is 10.4. The van der Waals surface area contributed by atoms with Crippen molar-refractivity contribution >= 4 is 17.4 Å². The van der Waals surface area contributed by atoms with Crippen LogP contribution in [0.25, 0.3) is 0 Å². The second kappa shape index (κ2) is 5.33. The second-order valence-corrected chi connectivity index (χ2v) is 4.46. The molecule has 0 bridgehead atoms. The number of nitrogens with zero attached hydrogens (tertiary/aromatic N) is 1. The number of hydrogen-bond donors (Lipinski definition) is 2. The van der Waals surface area contributed by atoms with Gasteiger partial charge >= 0.3 is 0 Å². The molecule has 0 radical (unpaired) electrons. The Morgan fingerprint density at radius 1 is 1.33 bits per heavy atom. The molecule has 0 aliphatic rings. The number of rotatable bonds is 3. The van der Waals surface area contributed by atoms with Crippen molar-refractivity contribution in [2.45, 2.75) is 12.5 Å². The van der Waals surface area contributed by atoms with Crippen molar-refractivity contribution in [2.75, 3.05) is 5.73 Å². The Balaban J connectivity index is 2.25. The van der Waals surface area contributed by atoms with Crippen molar-refractivity contribution in [3.8, 4) is 0 Å². The van der Waals surface area contributed by atoms with Gasteiger partial charge in [0.2, 0.25) is 0 Å². The standard InChI is InChI=1S/C13H13ClFN3/c14-9-3-4-11(15)10(7-9)12(16)6-8-2-1-5-18-13(8)17/h1-5,7,12H,6,16H2,(H2,17,18). The molecule has 0 amide bonds. The number of halogens is 2. The van der Waals surface area contributed by atoms with E-state index in [1.807, 2.05) is 6.07 Å². The summed E-state index contributed by atoms with van der Waals surface area (Å²) in [7, 11) is 0. The summed E-state index contributed by atoms with van der Waals surface area (Å²) in [6.07, 6.45) is 2.02. The smallest absolute Gasteiger partial charge is 0.128 e. The summed E-state index contributed by atoms with van der Waals surface area (Å²) in [6.45, 7) is 0. The quantitative estimate of drug-likeness (QED) is 0.897. The minimum atomic E-state index is -0.504. The first-order chi connectivity index (χ1) is 8.58. The van der Waals surface area contributed by atoms with Crippen molar-refractivity contribution in [1.82, 2.24) is 4.98 Å². The van der Waals surface area contributed by atoms with Gasteiger partial charge < -0.3 is 11.5 Å². The number of benzene rings is 1. The molecular formula is C13H13ClFN3. The molecule has 1 heterocycles. The van der Waals surface area contributed by atoms with Crippen LogP contribution in [0.5, 0.6) is 0 Å². The maximum atomic E-state index is 13.6. The molecule has 3 nitrogen and oxygen atoms in total. The summed E-state index contributed by atoms with van der Waals surface area (Å²) in [6, 6.07) is 7.43. The molecule has 2 rings (SSSR count). The van der Waals surface area contributed by atoms with E-state index in [1.54, 1.807) is 12.3 Å². The van der Waals surface area contributed by atoms with Crippen molar-refractivity contribution in [2.24, 2.45) is 5.73 Å². The largest absolute Gasteiger partial charge is 0.383 e. The molecule has 5 heteroatoms. The van der Waals surface area contributed by atoms with Gasteiger partial charge in [-0.3, -0.25) is 0 Å². The Kier molecular flexibility index (Phi) is 3.79. The predicted molar refractivity (Wildman–Crippen MR) is 70.7 cm³/mol. The third kappa shape index (κ3) is 2.78. The fraction of sp³-hybridized carbons (Fsp3) is 0.154. The highest BCUT2D eigenvalue weighted by Crippen LogP contribution is 2.23. The minimum Gasteiger partial charge on any atom is -0.383 e. The molecule has 0 saturated heterocycles. The zero-order chi connectivity index (χ0) is 13.1. The first-order valence-electron chi connectivity index (χ1n) is 5.48. The number of hydrogen-bond acceptors (Lipinski definition) is 3. The topological polar surface area (TPSA) is 64.9 Å². The molecule has 4 N–H and O–H groups in total. The first kappa shape index (κ1) is 12.8. The lowest BCUT2D eigenvalue weighted by Gasteiger charge is -2.14. The molecule has 0 aliphatic carbocycles. The van der Waals surface area contributed by atoms with Crippen LogP contribution < -0.4 is 11.5 Å². The average molecular weight is 266 g/mol. The summed E-state index contributed by atoms with van der Waals surface area (Å²) in [5.41, 5.74) is 12.9. The van der Waals surface area contributed by atoms with Gasteiger partial charge in [0.1, 0.15) is 11.6 Å². The monoisotopic (exact) mass is 265 g/mol. The molecule has 0 spiro atoms. The van der Waals surface area contributed by atoms with Gasteiger partial charge in [-0.15, -0.1) is 0 Å². The Hall–Kier alpha value is -1.65. The van der Waals surface area contributed by atoms with Crippen molar-refractivity contribution in [1.29, 1.82) is 0 Å². The zero-order valence-electron chi connectivity index (χ0n) is 9.61. The Bertz CT molecular complexity index is 560. The summed E-state index contributed by atoms with van der Waals surface area (Å²) < 4.78 is 13.6. The highest BCUT2D eigenvalue weighted by Gasteiger charge is 2.14. The molecule has 1 aromatic carbocycles. The van der Waals surface area contributed by atoms with Gasteiger partial charge in [-0.05, 0) is 36.2 Å². The normalized spacial score (nSPS) is 12.4. The maximum Gasteiger partial charge on any atom is 0.128 e. The first-order valence-corrected chi connectivity index (χ1v) is 5.85. The van der Waals surface area contributed by atoms with Gasteiger partial charge in [0.05, 0.1) is 0 Å². The van der Waals surface area contributed by atoms with E-state index in [9.17, 15) is 4.39 Å². The lowest BCUT2D eigenvalue weighted by molar-refractivity contribution is 0.580. The Labute approximate surface area is 110 Å². The summed E-state index contributed by atoms with van der Waals surface area (Å²) in [5, 5.41) is 0.459. The van der Waals surface area contributed by atoms with Crippen molar-refractivity contribution < 1.29 is 4.39 Å². The molecule has 2 aromatic rings. The van der Waals surface area contributed by atoms with Gasteiger partial charge in [0, 0.05) is 22.8 Å². The van der Waals surface area contributed by atoms with Crippen LogP contribution in [-0.4, -0.2) is 4.98 Å². The molecule has 94 valence electrons. The van der Waals surface area contributed by atoms with Gasteiger partial charge in [-0.2, -0.15) is 0 Å². The van der Waals surface area contributed by atoms with Crippen LogP contribution in [0.2, 0.25) is 5.02 Å². The van der Waals surface area contributed by atoms with Crippen LogP contribution in [0.15, 0.2) is 36.5 Å². The van der Waals surface area contributed by atoms with Crippen LogP contribution in [0.1, 0.15) is 17.2 Å². The van der Waals surface area contributed by atoms with Crippen LogP contribution in [-0.2, 0) is 6.42 Å². The van der Waals surface area contributed by atoms with Crippen molar-refractivity contribution in [3.63, 3.8) is 0 Å². The summed E-state index contributed by atoms with van der Waals surface area (Å²) in [5.74, 6) is 0.0461. The van der Waals surface area contributed by atoms with E-state index in [0.29, 0.717) is 22.8 Å². The molecule has 1 unspecified atom stereocenters. The average Bonchev–Trinajstić information content (AvgIpc) is 2.35. The van der Waals surface area contributed by atoms with Crippen LogP contribution in [0, 0.1) is 5.82 Å². The minimum absolute atomic E-state index is 0.366. The van der Waals surface area contributed by atoms with Gasteiger partial charge in [-0.25, -0.2) is 9.37 Å². The van der Waals surface area contributed by atoms with Gasteiger partial charge in [0.25, 0.3) is 0 Å². The van der Waals surface area contributed by atoms with E-state index in [0.717, 1.165) is 5.56 Å². The van der Waals surface area contributed by atoms with E-state index in [4.69, 9.17) is 23.1 Å². The van der Waals surface area contributed by atoms with E-state index in [-0.39, 0.29) is 5.82 Å². The van der Waals surface area contributed by atoms with E-state index in [2.05, 4.69) is 4.98 Å². The van der Waals surface area contributed by atoms with E-state index < -0.39 is 6.04 Å². The number of nitrogens with two attached hydrogens (primary N) is 2. The molecule has 18 heavy (non-hydrogen) atoms. The molecule has 0 aliphatic heterocycles. The maximum absolute atomic E-state index is 13.6. The summed E-state index contributed by atoms with van der Waals surface area (Å²) in [4.78, 5) is 3.97. The van der Waals surface area contributed by atoms with Crippen LogP contribution in [0.4, 0.5) is 10.2 Å². The lowest BCUT2D eigenvalue weighted by atomic mass is 9.99. The SMILES string of the molecule is Nc1ncccc1CC(N)c1cc(Cl)ccc1F. The highest BCUT2D eigenvalue weighted by molar-refractivity contribution is 6.30. The van der Waals surface area contributed by atoms with Gasteiger partial charge in [0.15, 0.2) is 0 Å². The van der Waals surface area contributed by atoms with Crippen LogP contribution in [0.3, 0.4) is 0 Å². The van der Waals surface area contributed by atoms with Gasteiger partial charge in [-0.1, -0.05) is 17.7 Å². The Morgan fingerprint density at radius 2 is 2.11 bits per heavy atom. The molecule has 1 atom stereocenters. The summed E-state index contributed by atoms with van der Waals surface area (Å²) >= 11 is 5.84. The number of nitrogen functional groups attached to an aromatic ring is 1. The fourth-order valence-electron chi connectivity index (χ4n) is 1.77. The Morgan fingerprint density at radius 3 is 2.83 bits per heavy atom. The molecular weight excluding hydrogens is 253 g/mol. The fourth-order valence-corrected chi connectivity index (χ4v) is 1.95. The highest BCUT2D eigenvalue weighted by atomic mass is 35.5. The van der Waals surface area contributed by atoms with Crippen LogP contribution >= 0.6 is 11.6 Å². The third-order valence-corrected chi connectivity index (χ3v) is 2.96. The number of pyridine rings is 1. The van der Waals surface area contributed by atoms with E-state index >= 15 is 0 Å². The van der Waals surface area contributed by atoms with Crippen molar-refractivity contribution in [3.05, 3.63) is 58.5 Å².